The number of methoxy groups -OCH3 is 2. The van der Waals surface area contributed by atoms with Crippen molar-refractivity contribution in [1.82, 2.24) is 40.4 Å². The van der Waals surface area contributed by atoms with Crippen molar-refractivity contribution in [1.29, 1.82) is 0 Å². The van der Waals surface area contributed by atoms with E-state index in [1.54, 1.807) is 11.1 Å². The number of H-pyrrole nitrogens is 2. The average Bonchev–Trinajstić information content (AvgIpc) is 4.10. The molecule has 4 N–H and O–H groups in total. The zero-order valence-electron chi connectivity index (χ0n) is 33.5. The zero-order valence-corrected chi connectivity index (χ0v) is 33.5. The number of carbonyl (C=O) groups is 4. The van der Waals surface area contributed by atoms with E-state index in [-0.39, 0.29) is 29.8 Å². The Morgan fingerprint density at radius 2 is 1.37 bits per heavy atom. The summed E-state index contributed by atoms with van der Waals surface area (Å²) in [6.45, 7) is 4.95. The summed E-state index contributed by atoms with van der Waals surface area (Å²) in [5.41, 5.74) is 6.34. The molecular formula is C45H48N8O6. The predicted molar refractivity (Wildman–Crippen MR) is 223 cm³/mol. The van der Waals surface area contributed by atoms with E-state index in [1.165, 1.54) is 14.2 Å². The number of hydrogen-bond donors (Lipinski definition) is 4. The highest BCUT2D eigenvalue weighted by Crippen LogP contribution is 2.37. The maximum absolute atomic E-state index is 13.9. The van der Waals surface area contributed by atoms with Crippen LogP contribution in [0.1, 0.15) is 74.9 Å². The summed E-state index contributed by atoms with van der Waals surface area (Å²) in [6.07, 6.45) is 3.68. The molecule has 0 saturated carbocycles. The second-order valence-corrected chi connectivity index (χ2v) is 15.5. The molecule has 2 fully saturated rings. The number of ether oxygens (including phenoxy) is 2. The largest absolute Gasteiger partial charge is 0.453 e. The van der Waals surface area contributed by atoms with Crippen LogP contribution in [0.2, 0.25) is 0 Å². The molecule has 8 rings (SSSR count). The third-order valence-corrected chi connectivity index (χ3v) is 11.5. The van der Waals surface area contributed by atoms with Crippen molar-refractivity contribution >= 4 is 45.8 Å². The van der Waals surface area contributed by atoms with E-state index in [4.69, 9.17) is 19.4 Å². The molecule has 4 heterocycles. The molecule has 0 radical (unpaired) electrons. The number of aromatic nitrogens is 4. The van der Waals surface area contributed by atoms with Crippen molar-refractivity contribution in [2.75, 3.05) is 27.3 Å². The molecule has 1 unspecified atom stereocenters. The summed E-state index contributed by atoms with van der Waals surface area (Å²) in [6, 6.07) is 25.9. The maximum Gasteiger partial charge on any atom is 0.407 e. The summed E-state index contributed by atoms with van der Waals surface area (Å²) >= 11 is 0. The molecule has 4 amide bonds. The Hall–Kier alpha value is -6.70. The van der Waals surface area contributed by atoms with Crippen molar-refractivity contribution < 1.29 is 28.7 Å². The zero-order chi connectivity index (χ0) is 41.2. The van der Waals surface area contributed by atoms with Crippen molar-refractivity contribution in [2.24, 2.45) is 5.92 Å². The van der Waals surface area contributed by atoms with Crippen molar-refractivity contribution in [3.63, 3.8) is 0 Å². The number of amides is 4. The number of alkyl carbamates (subject to hydrolysis) is 2. The number of nitrogens with zero attached hydrogens (tertiary/aromatic N) is 4. The number of fused-ring (bicyclic) bond motifs is 3. The van der Waals surface area contributed by atoms with Crippen LogP contribution in [0.25, 0.3) is 44.2 Å². The summed E-state index contributed by atoms with van der Waals surface area (Å²) in [4.78, 5) is 72.2. The summed E-state index contributed by atoms with van der Waals surface area (Å²) in [5.74, 6) is 0.966. The third kappa shape index (κ3) is 7.82. The number of likely N-dealkylation sites (tertiary alicyclic amines) is 2. The Morgan fingerprint density at radius 3 is 2.07 bits per heavy atom. The molecule has 0 bridgehead atoms. The molecule has 2 aliphatic rings. The topological polar surface area (TPSA) is 175 Å². The summed E-state index contributed by atoms with van der Waals surface area (Å²) in [5, 5.41) is 7.48. The van der Waals surface area contributed by atoms with Gasteiger partial charge in [0.05, 0.1) is 49.2 Å². The van der Waals surface area contributed by atoms with Crippen LogP contribution in [0.3, 0.4) is 0 Å². The third-order valence-electron chi connectivity index (χ3n) is 11.5. The molecular weight excluding hydrogens is 749 g/mol. The van der Waals surface area contributed by atoms with E-state index in [2.05, 4.69) is 69.1 Å². The number of carbonyl (C=O) groups excluding carboxylic acids is 4. The molecule has 2 aliphatic heterocycles. The fourth-order valence-corrected chi connectivity index (χ4v) is 8.44. The highest BCUT2D eigenvalue weighted by molar-refractivity contribution is 6.05. The van der Waals surface area contributed by atoms with Gasteiger partial charge in [0.2, 0.25) is 5.91 Å². The van der Waals surface area contributed by atoms with Crippen LogP contribution >= 0.6 is 0 Å². The quantitative estimate of drug-likeness (QED) is 0.110. The highest BCUT2D eigenvalue weighted by atomic mass is 16.5. The fourth-order valence-electron chi connectivity index (χ4n) is 8.44. The molecule has 0 spiro atoms. The van der Waals surface area contributed by atoms with Crippen LogP contribution in [0.4, 0.5) is 9.59 Å². The van der Waals surface area contributed by atoms with Crippen LogP contribution in [-0.2, 0) is 19.1 Å². The summed E-state index contributed by atoms with van der Waals surface area (Å²) in [7, 11) is 2.57. The highest BCUT2D eigenvalue weighted by Gasteiger charge is 2.39. The normalized spacial score (nSPS) is 17.6. The lowest BCUT2D eigenvalue weighted by Crippen LogP contribution is -2.51. The molecule has 2 aromatic heterocycles. The second kappa shape index (κ2) is 16.6. The molecule has 2 saturated heterocycles. The Balaban J connectivity index is 0.983. The minimum atomic E-state index is -0.883. The van der Waals surface area contributed by atoms with E-state index < -0.39 is 24.3 Å². The van der Waals surface area contributed by atoms with Gasteiger partial charge in [-0.3, -0.25) is 9.59 Å². The molecule has 14 nitrogen and oxygen atoms in total. The molecule has 6 aromatic rings. The van der Waals surface area contributed by atoms with Crippen LogP contribution in [0.5, 0.6) is 0 Å². The van der Waals surface area contributed by atoms with Crippen molar-refractivity contribution in [2.45, 2.75) is 63.7 Å². The van der Waals surface area contributed by atoms with Gasteiger partial charge in [-0.05, 0) is 71.4 Å². The van der Waals surface area contributed by atoms with Gasteiger partial charge < -0.3 is 39.9 Å². The predicted octanol–water partition coefficient (Wildman–Crippen LogP) is 7.58. The minimum absolute atomic E-state index is 0.114. The number of nitrogens with one attached hydrogen (secondary N) is 4. The number of aromatic amines is 2. The van der Waals surface area contributed by atoms with Crippen molar-refractivity contribution in [3.8, 4) is 22.4 Å². The van der Waals surface area contributed by atoms with Gasteiger partial charge in [0, 0.05) is 18.5 Å². The van der Waals surface area contributed by atoms with E-state index in [0.29, 0.717) is 24.5 Å². The van der Waals surface area contributed by atoms with Gasteiger partial charge in [-0.25, -0.2) is 19.6 Å². The van der Waals surface area contributed by atoms with Gasteiger partial charge in [-0.15, -0.1) is 0 Å². The van der Waals surface area contributed by atoms with E-state index in [9.17, 15) is 19.2 Å². The molecule has 304 valence electrons. The van der Waals surface area contributed by atoms with Crippen LogP contribution < -0.4 is 10.6 Å². The molecule has 4 aromatic carbocycles. The van der Waals surface area contributed by atoms with Gasteiger partial charge in [0.15, 0.2) is 0 Å². The van der Waals surface area contributed by atoms with E-state index in [1.807, 2.05) is 55.1 Å². The van der Waals surface area contributed by atoms with E-state index >= 15 is 0 Å². The lowest BCUT2D eigenvalue weighted by Gasteiger charge is -2.29. The van der Waals surface area contributed by atoms with Gasteiger partial charge >= 0.3 is 12.2 Å². The van der Waals surface area contributed by atoms with Gasteiger partial charge in [-0.2, -0.15) is 0 Å². The Labute approximate surface area is 341 Å². The first-order valence-corrected chi connectivity index (χ1v) is 20.1. The number of hydrogen-bond acceptors (Lipinski definition) is 8. The summed E-state index contributed by atoms with van der Waals surface area (Å²) < 4.78 is 9.62. The lowest BCUT2D eigenvalue weighted by atomic mass is 9.99. The standard InChI is InChI=1S/C45H48N8O6/c1-26(2)37(50-44(56)58-3)42(54)53-23-9-13-36(53)41-47-33-21-19-31-24-30(18-20-32(31)39(33)49-41)27-14-16-28(17-15-27)34-25-46-40(48-34)35-12-8-22-52(35)43(55)38(51-45(57)59-4)29-10-6-5-7-11-29/h5-7,10-11,14-21,24-26,35-38H,8-9,12-13,22-23H2,1-4H3,(H,46,48)(H,47,49)(H,50,56)(H,51,57)/t35?,36-,37-,38+/m0/s1. The van der Waals surface area contributed by atoms with Gasteiger partial charge in [-0.1, -0.05) is 86.6 Å². The minimum Gasteiger partial charge on any atom is -0.453 e. The number of imidazole rings is 2. The number of rotatable bonds is 10. The van der Waals surface area contributed by atoms with E-state index in [0.717, 1.165) is 75.7 Å². The first-order valence-electron chi connectivity index (χ1n) is 20.1. The van der Waals surface area contributed by atoms with Gasteiger partial charge in [0.25, 0.3) is 5.91 Å². The maximum atomic E-state index is 13.9. The Bertz CT molecular complexity index is 2500. The fraction of sp³-hybridized carbons (Fsp3) is 0.333. The monoisotopic (exact) mass is 796 g/mol. The number of benzene rings is 4. The molecule has 59 heavy (non-hydrogen) atoms. The molecule has 0 aliphatic carbocycles. The van der Waals surface area contributed by atoms with Crippen LogP contribution in [0.15, 0.2) is 91.1 Å². The Morgan fingerprint density at radius 1 is 0.729 bits per heavy atom. The Kier molecular flexibility index (Phi) is 11.0. The first-order chi connectivity index (χ1) is 28.6. The SMILES string of the molecule is COC(=O)N[C@H](C(=O)N1CCC[C@H]1c1nc2c(ccc3cc(-c4ccc(-c5cnc(C6CCCN6C(=O)[C@H](NC(=O)OC)c6ccccc6)[nH]5)cc4)ccc32)[nH]1)C(C)C. The first kappa shape index (κ1) is 39.1. The smallest absolute Gasteiger partial charge is 0.407 e. The van der Waals surface area contributed by atoms with Crippen LogP contribution in [-0.4, -0.2) is 87.1 Å². The second-order valence-electron chi connectivity index (χ2n) is 15.5. The lowest BCUT2D eigenvalue weighted by molar-refractivity contribution is -0.135. The van der Waals surface area contributed by atoms with Crippen LogP contribution in [0, 0.1) is 5.92 Å². The average molecular weight is 797 g/mol. The molecule has 4 atom stereocenters. The van der Waals surface area contributed by atoms with Crippen molar-refractivity contribution in [3.05, 3.63) is 108 Å². The molecule has 14 heteroatoms. The van der Waals surface area contributed by atoms with Gasteiger partial charge in [0.1, 0.15) is 23.7 Å².